The fraction of sp³-hybridized carbons (Fsp3) is 0.917. The van der Waals surface area contributed by atoms with Gasteiger partial charge in [-0.15, -0.1) is 0 Å². The van der Waals surface area contributed by atoms with E-state index in [0.29, 0.717) is 23.4 Å². The van der Waals surface area contributed by atoms with Crippen molar-refractivity contribution in [2.75, 3.05) is 13.7 Å². The zero-order valence-corrected chi connectivity index (χ0v) is 17.5. The Morgan fingerprint density at radius 3 is 2.42 bits per heavy atom. The molecule has 26 heavy (non-hydrogen) atoms. The molecule has 4 rings (SSSR count). The molecule has 0 unspecified atom stereocenters. The second kappa shape index (κ2) is 6.34. The van der Waals surface area contributed by atoms with E-state index in [1.165, 1.54) is 50.5 Å². The van der Waals surface area contributed by atoms with Gasteiger partial charge in [-0.1, -0.05) is 26.0 Å². The Hall–Kier alpha value is -0.340. The molecule has 4 saturated carbocycles. The first kappa shape index (κ1) is 19.0. The predicted octanol–water partition coefficient (Wildman–Crippen LogP) is 5.60. The van der Waals surface area contributed by atoms with Crippen LogP contribution in [0.5, 0.6) is 0 Å². The molecule has 2 heteroatoms. The lowest BCUT2D eigenvalue weighted by Crippen LogP contribution is -2.56. The molecule has 0 saturated heterocycles. The van der Waals surface area contributed by atoms with E-state index < -0.39 is 5.60 Å². The molecular formula is C24H40O2. The minimum Gasteiger partial charge on any atom is -0.387 e. The molecule has 8 atom stereocenters. The number of rotatable bonds is 3. The van der Waals surface area contributed by atoms with Crippen molar-refractivity contribution in [2.24, 2.45) is 40.4 Å². The predicted molar refractivity (Wildman–Crippen MR) is 107 cm³/mol. The van der Waals surface area contributed by atoms with Crippen molar-refractivity contribution >= 4 is 0 Å². The van der Waals surface area contributed by atoms with Gasteiger partial charge in [-0.2, -0.15) is 0 Å². The number of hydrogen-bond donors (Lipinski definition) is 1. The van der Waals surface area contributed by atoms with Crippen molar-refractivity contribution in [3.05, 3.63) is 12.2 Å². The van der Waals surface area contributed by atoms with Gasteiger partial charge >= 0.3 is 0 Å². The molecule has 148 valence electrons. The Balaban J connectivity index is 1.56. The molecule has 0 amide bonds. The van der Waals surface area contributed by atoms with Gasteiger partial charge in [0.25, 0.3) is 0 Å². The van der Waals surface area contributed by atoms with Gasteiger partial charge in [-0.25, -0.2) is 0 Å². The summed E-state index contributed by atoms with van der Waals surface area (Å²) in [5.74, 6) is 4.11. The summed E-state index contributed by atoms with van der Waals surface area (Å²) in [6.07, 6.45) is 11.3. The van der Waals surface area contributed by atoms with E-state index in [0.717, 1.165) is 36.5 Å². The quantitative estimate of drug-likeness (QED) is 0.664. The number of aliphatic hydroxyl groups is 1. The molecule has 0 aromatic heterocycles. The second-order valence-corrected chi connectivity index (χ2v) is 11.0. The second-order valence-electron chi connectivity index (χ2n) is 11.0. The maximum atomic E-state index is 11.0. The molecule has 4 aliphatic carbocycles. The minimum absolute atomic E-state index is 0.436. The van der Waals surface area contributed by atoms with Gasteiger partial charge in [0.05, 0.1) is 12.2 Å². The molecule has 0 radical (unpaired) electrons. The van der Waals surface area contributed by atoms with Crippen LogP contribution in [0, 0.1) is 40.4 Å². The van der Waals surface area contributed by atoms with Crippen LogP contribution in [0.1, 0.15) is 78.6 Å². The summed E-state index contributed by atoms with van der Waals surface area (Å²) in [5, 5.41) is 11.0. The van der Waals surface area contributed by atoms with Crippen LogP contribution >= 0.6 is 0 Å². The van der Waals surface area contributed by atoms with Gasteiger partial charge in [-0.3, -0.25) is 0 Å². The first-order valence-electron chi connectivity index (χ1n) is 11.1. The van der Waals surface area contributed by atoms with Crippen LogP contribution in [0.25, 0.3) is 0 Å². The largest absolute Gasteiger partial charge is 0.387 e. The molecule has 0 heterocycles. The van der Waals surface area contributed by atoms with Crippen molar-refractivity contribution in [3.63, 3.8) is 0 Å². The van der Waals surface area contributed by atoms with Crippen molar-refractivity contribution < 1.29 is 9.84 Å². The molecule has 4 aliphatic rings. The highest BCUT2D eigenvalue weighted by molar-refractivity contribution is 5.15. The van der Waals surface area contributed by atoms with Gasteiger partial charge in [0.1, 0.15) is 0 Å². The number of methoxy groups -OCH3 is 1. The summed E-state index contributed by atoms with van der Waals surface area (Å²) in [7, 11) is 1.72. The third-order valence-corrected chi connectivity index (χ3v) is 9.83. The first-order chi connectivity index (χ1) is 12.2. The van der Waals surface area contributed by atoms with Crippen molar-refractivity contribution in [3.8, 4) is 0 Å². The van der Waals surface area contributed by atoms with Crippen molar-refractivity contribution in [2.45, 2.75) is 84.2 Å². The van der Waals surface area contributed by atoms with Crippen LogP contribution in [0.2, 0.25) is 0 Å². The normalized spacial score (nSPS) is 53.5. The lowest BCUT2D eigenvalue weighted by atomic mass is 9.44. The average Bonchev–Trinajstić information content (AvgIpc) is 2.93. The van der Waals surface area contributed by atoms with Crippen molar-refractivity contribution in [1.29, 1.82) is 0 Å². The molecule has 0 aromatic rings. The van der Waals surface area contributed by atoms with E-state index in [-0.39, 0.29) is 0 Å². The molecule has 4 fully saturated rings. The summed E-state index contributed by atoms with van der Waals surface area (Å²) in [6, 6.07) is 0. The summed E-state index contributed by atoms with van der Waals surface area (Å²) >= 11 is 0. The minimum atomic E-state index is -0.576. The monoisotopic (exact) mass is 360 g/mol. The third kappa shape index (κ3) is 2.65. The molecule has 0 spiro atoms. The molecule has 2 nitrogen and oxygen atoms in total. The summed E-state index contributed by atoms with van der Waals surface area (Å²) in [5.41, 5.74) is 1.79. The van der Waals surface area contributed by atoms with Crippen molar-refractivity contribution in [1.82, 2.24) is 0 Å². The Morgan fingerprint density at radius 1 is 1.00 bits per heavy atom. The van der Waals surface area contributed by atoms with Gasteiger partial charge in [0, 0.05) is 7.11 Å². The van der Waals surface area contributed by atoms with Gasteiger partial charge in [-0.05, 0) is 105 Å². The number of allylic oxidation sites excluding steroid dienone is 1. The number of hydrogen-bond acceptors (Lipinski definition) is 2. The fourth-order valence-corrected chi connectivity index (χ4v) is 8.53. The third-order valence-electron chi connectivity index (χ3n) is 9.83. The number of ether oxygens (including phenoxy) is 1. The van der Waals surface area contributed by atoms with E-state index in [9.17, 15) is 5.11 Å². The van der Waals surface area contributed by atoms with E-state index in [2.05, 4.69) is 27.4 Å². The van der Waals surface area contributed by atoms with Crippen LogP contribution in [-0.4, -0.2) is 24.4 Å². The fourth-order valence-electron chi connectivity index (χ4n) is 8.53. The Morgan fingerprint density at radius 2 is 1.73 bits per heavy atom. The highest BCUT2D eigenvalue weighted by Gasteiger charge is 2.61. The average molecular weight is 361 g/mol. The maximum Gasteiger partial charge on any atom is 0.0883 e. The smallest absolute Gasteiger partial charge is 0.0883 e. The van der Waals surface area contributed by atoms with Gasteiger partial charge in [0.2, 0.25) is 0 Å². The van der Waals surface area contributed by atoms with Crippen LogP contribution < -0.4 is 0 Å². The molecule has 0 aromatic carbocycles. The van der Waals surface area contributed by atoms with Crippen LogP contribution in [-0.2, 0) is 4.74 Å². The van der Waals surface area contributed by atoms with Crippen LogP contribution in [0.3, 0.4) is 0 Å². The Kier molecular flexibility index (Phi) is 4.63. The Bertz CT molecular complexity index is 571. The molecular weight excluding hydrogens is 320 g/mol. The highest BCUT2D eigenvalue weighted by atomic mass is 16.5. The lowest BCUT2D eigenvalue weighted by molar-refractivity contribution is -0.161. The molecule has 1 N–H and O–H groups in total. The van der Waals surface area contributed by atoms with Crippen LogP contribution in [0.4, 0.5) is 0 Å². The van der Waals surface area contributed by atoms with Gasteiger partial charge < -0.3 is 9.84 Å². The van der Waals surface area contributed by atoms with E-state index in [1.54, 1.807) is 7.11 Å². The lowest BCUT2D eigenvalue weighted by Gasteiger charge is -2.62. The summed E-state index contributed by atoms with van der Waals surface area (Å²) < 4.78 is 5.35. The zero-order chi connectivity index (χ0) is 18.7. The molecule has 0 aliphatic heterocycles. The SMILES string of the molecule is C=C(C)[C@H]1CC[C@H]2[C@@H]3CC[C@H]4C[C@](O)(COC)CC[C@]4(C)[C@H]3CC[C@]12C. The topological polar surface area (TPSA) is 29.5 Å². The van der Waals surface area contributed by atoms with E-state index in [4.69, 9.17) is 4.74 Å². The zero-order valence-electron chi connectivity index (χ0n) is 17.5. The summed E-state index contributed by atoms with van der Waals surface area (Å²) in [6.45, 7) is 12.3. The standard InChI is InChI=1S/C24H40O2/c1-16(2)19-8-9-20-18-7-6-17-14-24(25,15-26-5)13-12-22(17,3)21(18)10-11-23(19,20)4/h17-21,25H,1,6-15H2,2-5H3/t17-,18-,19+,20-,21-,22-,23+,24-/m0/s1. The summed E-state index contributed by atoms with van der Waals surface area (Å²) in [4.78, 5) is 0. The molecule has 0 bridgehead atoms. The maximum absolute atomic E-state index is 11.0. The van der Waals surface area contributed by atoms with E-state index >= 15 is 0 Å². The van der Waals surface area contributed by atoms with Crippen LogP contribution in [0.15, 0.2) is 12.2 Å². The highest BCUT2D eigenvalue weighted by Crippen LogP contribution is 2.68. The van der Waals surface area contributed by atoms with E-state index in [1.807, 2.05) is 0 Å². The van der Waals surface area contributed by atoms with Gasteiger partial charge in [0.15, 0.2) is 0 Å². The first-order valence-corrected chi connectivity index (χ1v) is 11.1. The number of fused-ring (bicyclic) bond motifs is 5. The Labute approximate surface area is 160 Å².